The molecule has 0 spiro atoms. The van der Waals surface area contributed by atoms with E-state index in [1.165, 1.54) is 4.90 Å². The third kappa shape index (κ3) is 4.24. The zero-order valence-corrected chi connectivity index (χ0v) is 15.1. The van der Waals surface area contributed by atoms with Gasteiger partial charge < -0.3 is 19.7 Å². The summed E-state index contributed by atoms with van der Waals surface area (Å²) in [5.41, 5.74) is 0.955. The summed E-state index contributed by atoms with van der Waals surface area (Å²) in [6.45, 7) is 0.530. The number of amides is 2. The Kier molecular flexibility index (Phi) is 6.65. The lowest BCUT2D eigenvalue weighted by molar-refractivity contribution is -0.0295. The van der Waals surface area contributed by atoms with E-state index in [4.69, 9.17) is 22.4 Å². The predicted molar refractivity (Wildman–Crippen MR) is 97.5 cm³/mol. The molecule has 8 heteroatoms. The number of rotatable bonds is 9. The molecule has 2 heterocycles. The number of aliphatic hydroxyl groups excluding tert-OH is 2. The molecule has 0 aromatic heterocycles. The maximum absolute atomic E-state index is 12.3. The molecule has 2 radical (unpaired) electrons. The minimum absolute atomic E-state index is 0.221. The highest BCUT2D eigenvalue weighted by atomic mass is 16.6. The number of nitrogens with zero attached hydrogens (tertiary/aromatic N) is 1. The molecule has 7 nitrogen and oxygen atoms in total. The Balaban J connectivity index is 1.32. The van der Waals surface area contributed by atoms with E-state index >= 15 is 0 Å². The number of hydrogen-bond donors (Lipinski definition) is 2. The van der Waals surface area contributed by atoms with E-state index in [-0.39, 0.29) is 18.4 Å². The number of fused-ring (bicyclic) bond motifs is 1. The summed E-state index contributed by atoms with van der Waals surface area (Å²) in [6.07, 6.45) is 0.940. The summed E-state index contributed by atoms with van der Waals surface area (Å²) in [6, 6.07) is 6.13. The molecule has 2 aliphatic heterocycles. The molecule has 3 rings (SSSR count). The molecule has 4 atom stereocenters. The van der Waals surface area contributed by atoms with Crippen LogP contribution in [0.2, 0.25) is 0 Å². The van der Waals surface area contributed by atoms with Crippen molar-refractivity contribution in [1.29, 1.82) is 0 Å². The molecule has 1 fully saturated rings. The fraction of sp³-hybridized carbons (Fsp3) is 0.579. The van der Waals surface area contributed by atoms with Crippen LogP contribution < -0.4 is 0 Å². The minimum atomic E-state index is -0.932. The molecular weight excluding hydrogens is 349 g/mol. The second-order valence-corrected chi connectivity index (χ2v) is 6.87. The lowest BCUT2D eigenvalue weighted by Crippen LogP contribution is -2.36. The SMILES string of the molecule is [B][C@@H]1O[C@H](CO)C(O)[C@@H]1OCCCCCCN1C(=O)c2ccccc2C1=O. The van der Waals surface area contributed by atoms with E-state index in [0.717, 1.165) is 25.7 Å². The van der Waals surface area contributed by atoms with Crippen molar-refractivity contribution in [1.82, 2.24) is 4.90 Å². The Morgan fingerprint density at radius 1 is 1.07 bits per heavy atom. The lowest BCUT2D eigenvalue weighted by Gasteiger charge is -2.19. The number of imide groups is 1. The first kappa shape index (κ1) is 20.0. The summed E-state index contributed by atoms with van der Waals surface area (Å²) < 4.78 is 10.8. The van der Waals surface area contributed by atoms with E-state index in [2.05, 4.69) is 0 Å². The maximum atomic E-state index is 12.3. The van der Waals surface area contributed by atoms with Gasteiger partial charge in [0.15, 0.2) is 0 Å². The predicted octanol–water partition coefficient (Wildman–Crippen LogP) is 0.475. The van der Waals surface area contributed by atoms with Gasteiger partial charge in [0.1, 0.15) is 26.2 Å². The number of carbonyl (C=O) groups excluding carboxylic acids is 2. The Bertz CT molecular complexity index is 649. The van der Waals surface area contributed by atoms with E-state index < -0.39 is 24.3 Å². The van der Waals surface area contributed by atoms with Crippen molar-refractivity contribution < 1.29 is 29.3 Å². The molecule has 0 bridgehead atoms. The van der Waals surface area contributed by atoms with Crippen molar-refractivity contribution in [2.75, 3.05) is 19.8 Å². The number of unbranched alkanes of at least 4 members (excludes halogenated alkanes) is 3. The summed E-state index contributed by atoms with van der Waals surface area (Å²) in [4.78, 5) is 25.8. The van der Waals surface area contributed by atoms with E-state index in [1.807, 2.05) is 0 Å². The van der Waals surface area contributed by atoms with Crippen LogP contribution in [0, 0.1) is 0 Å². The molecule has 0 saturated carbocycles. The maximum Gasteiger partial charge on any atom is 0.261 e. The van der Waals surface area contributed by atoms with Crippen LogP contribution in [-0.4, -0.2) is 78.8 Å². The molecule has 2 aliphatic rings. The number of carbonyl (C=O) groups is 2. The Hall–Kier alpha value is -1.74. The highest BCUT2D eigenvalue weighted by Crippen LogP contribution is 2.24. The molecule has 144 valence electrons. The van der Waals surface area contributed by atoms with Gasteiger partial charge in [-0.05, 0) is 25.0 Å². The number of aliphatic hydroxyl groups is 2. The van der Waals surface area contributed by atoms with Crippen LogP contribution in [-0.2, 0) is 9.47 Å². The summed E-state index contributed by atoms with van der Waals surface area (Å²) in [7, 11) is 5.74. The molecule has 2 amide bonds. The molecule has 1 aromatic carbocycles. The van der Waals surface area contributed by atoms with Gasteiger partial charge in [-0.2, -0.15) is 0 Å². The Morgan fingerprint density at radius 2 is 1.70 bits per heavy atom. The third-order valence-corrected chi connectivity index (χ3v) is 5.02. The van der Waals surface area contributed by atoms with Crippen LogP contribution in [0.5, 0.6) is 0 Å². The van der Waals surface area contributed by atoms with Crippen LogP contribution in [0.1, 0.15) is 46.4 Å². The van der Waals surface area contributed by atoms with Crippen molar-refractivity contribution >= 4 is 19.7 Å². The zero-order chi connectivity index (χ0) is 19.4. The topological polar surface area (TPSA) is 96.3 Å². The molecule has 0 aliphatic carbocycles. The van der Waals surface area contributed by atoms with Gasteiger partial charge in [-0.25, -0.2) is 0 Å². The normalized spacial score (nSPS) is 27.4. The number of benzene rings is 1. The van der Waals surface area contributed by atoms with Gasteiger partial charge in [0.25, 0.3) is 11.8 Å². The van der Waals surface area contributed by atoms with E-state index in [1.54, 1.807) is 24.3 Å². The monoisotopic (exact) mass is 373 g/mol. The quantitative estimate of drug-likeness (QED) is 0.371. The van der Waals surface area contributed by atoms with E-state index in [9.17, 15) is 14.7 Å². The highest BCUT2D eigenvalue weighted by Gasteiger charge is 2.41. The van der Waals surface area contributed by atoms with Crippen molar-refractivity contribution in [3.05, 3.63) is 35.4 Å². The van der Waals surface area contributed by atoms with Gasteiger partial charge in [0.2, 0.25) is 0 Å². The first-order valence-corrected chi connectivity index (χ1v) is 9.31. The summed E-state index contributed by atoms with van der Waals surface area (Å²) >= 11 is 0. The number of hydrogen-bond acceptors (Lipinski definition) is 6. The zero-order valence-electron chi connectivity index (χ0n) is 15.1. The van der Waals surface area contributed by atoms with Crippen molar-refractivity contribution in [2.45, 2.75) is 50.0 Å². The first-order chi connectivity index (χ1) is 13.0. The highest BCUT2D eigenvalue weighted by molar-refractivity contribution is 6.21. The summed E-state index contributed by atoms with van der Waals surface area (Å²) in [5.74, 6) is -0.442. The van der Waals surface area contributed by atoms with Crippen molar-refractivity contribution in [3.8, 4) is 0 Å². The largest absolute Gasteiger partial charge is 0.394 e. The third-order valence-electron chi connectivity index (χ3n) is 5.02. The van der Waals surface area contributed by atoms with Crippen molar-refractivity contribution in [2.24, 2.45) is 0 Å². The van der Waals surface area contributed by atoms with Gasteiger partial charge in [0.05, 0.1) is 17.7 Å². The van der Waals surface area contributed by atoms with Gasteiger partial charge in [-0.15, -0.1) is 0 Å². The fourth-order valence-corrected chi connectivity index (χ4v) is 3.50. The van der Waals surface area contributed by atoms with Crippen LogP contribution in [0.25, 0.3) is 0 Å². The minimum Gasteiger partial charge on any atom is -0.394 e. The molecule has 1 saturated heterocycles. The average Bonchev–Trinajstić information content (AvgIpc) is 3.09. The lowest BCUT2D eigenvalue weighted by atomic mass is 9.93. The standard InChI is InChI=1S/C19H24BNO6/c20-17-16(15(23)14(11-22)27-17)26-10-6-2-1-5-9-21-18(24)12-7-3-4-8-13(12)19(21)25/h3-4,7-8,14-17,22-23H,1-2,5-6,9-11H2/t14-,15?,16+,17-/m1/s1. The van der Waals surface area contributed by atoms with Crippen LogP contribution in [0.15, 0.2) is 24.3 Å². The summed E-state index contributed by atoms with van der Waals surface area (Å²) in [5, 5.41) is 19.0. The van der Waals surface area contributed by atoms with Crippen molar-refractivity contribution in [3.63, 3.8) is 0 Å². The number of ether oxygens (including phenoxy) is 2. The second-order valence-electron chi connectivity index (χ2n) is 6.87. The van der Waals surface area contributed by atoms with Crippen LogP contribution in [0.3, 0.4) is 0 Å². The molecule has 2 N–H and O–H groups in total. The smallest absolute Gasteiger partial charge is 0.261 e. The Labute approximate surface area is 159 Å². The fourth-order valence-electron chi connectivity index (χ4n) is 3.50. The second kappa shape index (κ2) is 8.97. The molecular formula is C19H24BNO6. The molecule has 27 heavy (non-hydrogen) atoms. The average molecular weight is 373 g/mol. The van der Waals surface area contributed by atoms with Gasteiger partial charge >= 0.3 is 0 Å². The van der Waals surface area contributed by atoms with Gasteiger partial charge in [-0.1, -0.05) is 25.0 Å². The molecule has 1 unspecified atom stereocenters. The van der Waals surface area contributed by atoms with E-state index in [0.29, 0.717) is 24.3 Å². The molecule has 1 aromatic rings. The van der Waals surface area contributed by atoms with Gasteiger partial charge in [0, 0.05) is 19.2 Å². The van der Waals surface area contributed by atoms with Gasteiger partial charge in [-0.3, -0.25) is 14.5 Å². The van der Waals surface area contributed by atoms with Crippen LogP contribution >= 0.6 is 0 Å². The first-order valence-electron chi connectivity index (χ1n) is 9.31. The van der Waals surface area contributed by atoms with Crippen LogP contribution in [0.4, 0.5) is 0 Å². The Morgan fingerprint density at radius 3 is 2.30 bits per heavy atom.